The molecule has 0 aromatic carbocycles. The lowest BCUT2D eigenvalue weighted by Crippen LogP contribution is -2.31. The molecule has 0 saturated carbocycles. The zero-order valence-electron chi connectivity index (χ0n) is 9.41. The highest BCUT2D eigenvalue weighted by Crippen LogP contribution is 2.28. The van der Waals surface area contributed by atoms with Crippen molar-refractivity contribution >= 4 is 22.4 Å². The molecule has 17 heavy (non-hydrogen) atoms. The van der Waals surface area contributed by atoms with Crippen molar-refractivity contribution in [2.45, 2.75) is 38.7 Å². The van der Waals surface area contributed by atoms with Crippen LogP contribution in [0.5, 0.6) is 0 Å². The monoisotopic (exact) mass is 265 g/mol. The van der Waals surface area contributed by atoms with E-state index in [9.17, 15) is 13.6 Å². The van der Waals surface area contributed by atoms with Gasteiger partial charge < -0.3 is 10.4 Å². The van der Waals surface area contributed by atoms with Gasteiger partial charge in [-0.3, -0.25) is 4.79 Å². The molecule has 0 fully saturated rings. The van der Waals surface area contributed by atoms with Gasteiger partial charge in [-0.1, -0.05) is 11.3 Å². The molecule has 0 bridgehead atoms. The largest absolute Gasteiger partial charge is 0.481 e. The third-order valence-electron chi connectivity index (χ3n) is 2.04. The molecule has 2 N–H and O–H groups in total. The molecule has 0 spiro atoms. The minimum atomic E-state index is -2.63. The molecular formula is C9H13F2N3O2S. The highest BCUT2D eigenvalue weighted by Gasteiger charge is 2.22. The highest BCUT2D eigenvalue weighted by atomic mass is 32.1. The van der Waals surface area contributed by atoms with E-state index in [4.69, 9.17) is 5.11 Å². The standard InChI is InChI=1S/C9H13F2N3O2S/c1-9(2,4-3-5(15)16)12-8-14-13-7(17-8)6(10)11/h6H,3-4H2,1-2H3,(H,12,14)(H,15,16). The summed E-state index contributed by atoms with van der Waals surface area (Å²) in [7, 11) is 0. The third kappa shape index (κ3) is 4.59. The third-order valence-corrected chi connectivity index (χ3v) is 2.88. The molecule has 0 aliphatic carbocycles. The van der Waals surface area contributed by atoms with Gasteiger partial charge in [0, 0.05) is 12.0 Å². The number of rotatable bonds is 6. The molecule has 0 amide bonds. The van der Waals surface area contributed by atoms with Crippen LogP contribution in [0.3, 0.4) is 0 Å². The Balaban J connectivity index is 2.59. The molecule has 1 aromatic rings. The Morgan fingerprint density at radius 2 is 2.18 bits per heavy atom. The first-order valence-electron chi connectivity index (χ1n) is 4.92. The summed E-state index contributed by atoms with van der Waals surface area (Å²) >= 11 is 0.771. The van der Waals surface area contributed by atoms with Crippen LogP contribution in [0.15, 0.2) is 0 Å². The molecule has 8 heteroatoms. The van der Waals surface area contributed by atoms with Crippen molar-refractivity contribution in [3.63, 3.8) is 0 Å². The van der Waals surface area contributed by atoms with E-state index >= 15 is 0 Å². The van der Waals surface area contributed by atoms with Gasteiger partial charge in [-0.15, -0.1) is 10.2 Å². The van der Waals surface area contributed by atoms with Gasteiger partial charge in [0.1, 0.15) is 0 Å². The van der Waals surface area contributed by atoms with Crippen molar-refractivity contribution in [2.75, 3.05) is 5.32 Å². The maximum atomic E-state index is 12.3. The Morgan fingerprint density at radius 3 is 2.65 bits per heavy atom. The van der Waals surface area contributed by atoms with Crippen LogP contribution in [-0.2, 0) is 4.79 Å². The smallest absolute Gasteiger partial charge is 0.303 e. The number of halogens is 2. The number of aromatic nitrogens is 2. The van der Waals surface area contributed by atoms with Crippen molar-refractivity contribution in [3.05, 3.63) is 5.01 Å². The van der Waals surface area contributed by atoms with Crippen molar-refractivity contribution in [1.82, 2.24) is 10.2 Å². The number of hydrogen-bond acceptors (Lipinski definition) is 5. The van der Waals surface area contributed by atoms with Crippen LogP contribution in [0, 0.1) is 0 Å². The van der Waals surface area contributed by atoms with Crippen molar-refractivity contribution in [2.24, 2.45) is 0 Å². The maximum absolute atomic E-state index is 12.3. The second kappa shape index (κ2) is 5.35. The van der Waals surface area contributed by atoms with E-state index in [1.807, 2.05) is 0 Å². The van der Waals surface area contributed by atoms with E-state index in [1.54, 1.807) is 13.8 Å². The first-order chi connectivity index (χ1) is 7.80. The topological polar surface area (TPSA) is 75.1 Å². The average molecular weight is 265 g/mol. The zero-order valence-corrected chi connectivity index (χ0v) is 10.2. The summed E-state index contributed by atoms with van der Waals surface area (Å²) in [4.78, 5) is 10.4. The predicted octanol–water partition coefficient (Wildman–Crippen LogP) is 2.53. The molecule has 0 saturated heterocycles. The molecule has 0 atom stereocenters. The summed E-state index contributed by atoms with van der Waals surface area (Å²) in [5, 5.41) is 18.3. The van der Waals surface area contributed by atoms with E-state index < -0.39 is 17.9 Å². The first-order valence-corrected chi connectivity index (χ1v) is 5.73. The minimum absolute atomic E-state index is 0.000504. The van der Waals surface area contributed by atoms with Gasteiger partial charge in [-0.25, -0.2) is 8.78 Å². The van der Waals surface area contributed by atoms with Gasteiger partial charge in [-0.05, 0) is 20.3 Å². The van der Waals surface area contributed by atoms with Crippen molar-refractivity contribution in [3.8, 4) is 0 Å². The number of nitrogens with zero attached hydrogens (tertiary/aromatic N) is 2. The Bertz CT molecular complexity index is 395. The van der Waals surface area contributed by atoms with Gasteiger partial charge in [0.25, 0.3) is 6.43 Å². The number of alkyl halides is 2. The number of carboxylic acids is 1. The Labute approximate surface area is 101 Å². The number of nitrogens with one attached hydrogen (secondary N) is 1. The molecule has 0 unspecified atom stereocenters. The Morgan fingerprint density at radius 1 is 1.53 bits per heavy atom. The fourth-order valence-electron chi connectivity index (χ4n) is 1.14. The summed E-state index contributed by atoms with van der Waals surface area (Å²) in [6.07, 6.45) is -2.27. The minimum Gasteiger partial charge on any atom is -0.481 e. The molecule has 0 aliphatic rings. The van der Waals surface area contributed by atoms with Crippen LogP contribution in [0.1, 0.15) is 38.1 Å². The second-order valence-electron chi connectivity index (χ2n) is 4.15. The fraction of sp³-hybridized carbons (Fsp3) is 0.667. The molecule has 0 radical (unpaired) electrons. The van der Waals surface area contributed by atoms with Crippen LogP contribution < -0.4 is 5.32 Å². The van der Waals surface area contributed by atoms with Gasteiger partial charge in [0.05, 0.1) is 0 Å². The SMILES string of the molecule is CC(C)(CCC(=O)O)Nc1nnc(C(F)F)s1. The fourth-order valence-corrected chi connectivity index (χ4v) is 1.92. The number of hydrogen-bond donors (Lipinski definition) is 2. The van der Waals surface area contributed by atoms with E-state index in [0.717, 1.165) is 11.3 Å². The summed E-state index contributed by atoms with van der Waals surface area (Å²) in [5.74, 6) is -0.898. The summed E-state index contributed by atoms with van der Waals surface area (Å²) < 4.78 is 24.5. The van der Waals surface area contributed by atoms with Crippen LogP contribution in [0.4, 0.5) is 13.9 Å². The predicted molar refractivity (Wildman–Crippen MR) is 59.4 cm³/mol. The highest BCUT2D eigenvalue weighted by molar-refractivity contribution is 7.15. The number of aliphatic carboxylic acids is 1. The quantitative estimate of drug-likeness (QED) is 0.826. The summed E-state index contributed by atoms with van der Waals surface area (Å²) in [6.45, 7) is 3.55. The van der Waals surface area contributed by atoms with Crippen LogP contribution in [0.2, 0.25) is 0 Å². The van der Waals surface area contributed by atoms with Gasteiger partial charge in [0.15, 0.2) is 5.01 Å². The molecule has 1 rings (SSSR count). The van der Waals surface area contributed by atoms with Crippen LogP contribution in [0.25, 0.3) is 0 Å². The van der Waals surface area contributed by atoms with Gasteiger partial charge in [0.2, 0.25) is 5.13 Å². The summed E-state index contributed by atoms with van der Waals surface area (Å²) in [6, 6.07) is 0. The maximum Gasteiger partial charge on any atom is 0.303 e. The van der Waals surface area contributed by atoms with Crippen molar-refractivity contribution < 1.29 is 18.7 Å². The first kappa shape index (κ1) is 13.8. The van der Waals surface area contributed by atoms with E-state index in [0.29, 0.717) is 6.42 Å². The zero-order chi connectivity index (χ0) is 13.1. The lowest BCUT2D eigenvalue weighted by atomic mass is 9.99. The number of carbonyl (C=O) groups is 1. The molecule has 0 aliphatic heterocycles. The molecule has 96 valence electrons. The van der Waals surface area contributed by atoms with E-state index in [-0.39, 0.29) is 16.6 Å². The van der Waals surface area contributed by atoms with Crippen molar-refractivity contribution in [1.29, 1.82) is 0 Å². The van der Waals surface area contributed by atoms with Crippen LogP contribution in [-0.4, -0.2) is 26.8 Å². The van der Waals surface area contributed by atoms with E-state index in [2.05, 4.69) is 15.5 Å². The second-order valence-corrected chi connectivity index (χ2v) is 5.16. The lowest BCUT2D eigenvalue weighted by Gasteiger charge is -2.24. The Hall–Kier alpha value is -1.31. The number of carboxylic acid groups (broad SMARTS) is 1. The Kier molecular flexibility index (Phi) is 4.33. The normalized spacial score (nSPS) is 11.8. The lowest BCUT2D eigenvalue weighted by molar-refractivity contribution is -0.137. The molecule has 1 aromatic heterocycles. The average Bonchev–Trinajstić information content (AvgIpc) is 2.63. The van der Waals surface area contributed by atoms with Gasteiger partial charge in [-0.2, -0.15) is 0 Å². The van der Waals surface area contributed by atoms with E-state index in [1.165, 1.54) is 0 Å². The molecule has 1 heterocycles. The molecule has 5 nitrogen and oxygen atoms in total. The molecular weight excluding hydrogens is 252 g/mol. The van der Waals surface area contributed by atoms with Gasteiger partial charge >= 0.3 is 5.97 Å². The summed E-state index contributed by atoms with van der Waals surface area (Å²) in [5.41, 5.74) is -0.530. The number of anilines is 1. The van der Waals surface area contributed by atoms with Crippen LogP contribution >= 0.6 is 11.3 Å².